The van der Waals surface area contributed by atoms with E-state index in [1.54, 1.807) is 31.4 Å². The van der Waals surface area contributed by atoms with Crippen LogP contribution in [-0.4, -0.2) is 73.9 Å². The number of nitrogens with zero attached hydrogens (tertiary/aromatic N) is 1. The lowest BCUT2D eigenvalue weighted by Gasteiger charge is -2.51. The molecule has 1 fully saturated rings. The number of ether oxygens (including phenoxy) is 2. The van der Waals surface area contributed by atoms with Crippen LogP contribution >= 0.6 is 0 Å². The predicted molar refractivity (Wildman–Crippen MR) is 128 cm³/mol. The molecule has 8 nitrogen and oxygen atoms in total. The van der Waals surface area contributed by atoms with Crippen LogP contribution in [0, 0.1) is 5.41 Å². The molecule has 184 valence electrons. The molecule has 1 heterocycles. The lowest BCUT2D eigenvalue weighted by Crippen LogP contribution is -2.61. The van der Waals surface area contributed by atoms with Crippen molar-refractivity contribution in [2.75, 3.05) is 46.1 Å². The highest BCUT2D eigenvalue weighted by Crippen LogP contribution is 2.42. The number of nitrogens with one attached hydrogen (secondary N) is 1. The van der Waals surface area contributed by atoms with E-state index in [-0.39, 0.29) is 10.3 Å². The SMILES string of the molecule is COCC1(C)CCN(C2(c3ccc(S(=O)(=O)COC)cc3)C=CC=CC2NS(C)(=O)=O)CC1. The fourth-order valence-electron chi connectivity index (χ4n) is 4.81. The Hall–Kier alpha value is -1.56. The largest absolute Gasteiger partial charge is 0.384 e. The molecular formula is C23H34N2O6S2. The lowest BCUT2D eigenvalue weighted by atomic mass is 9.74. The van der Waals surface area contributed by atoms with Gasteiger partial charge in [-0.05, 0) is 49.0 Å². The molecule has 1 N–H and O–H groups in total. The van der Waals surface area contributed by atoms with E-state index in [0.29, 0.717) is 6.61 Å². The maximum Gasteiger partial charge on any atom is 0.209 e. The van der Waals surface area contributed by atoms with Crippen LogP contribution in [0.25, 0.3) is 0 Å². The Balaban J connectivity index is 2.05. The third-order valence-corrected chi connectivity index (χ3v) is 8.73. The maximum absolute atomic E-state index is 12.4. The number of rotatable bonds is 9. The van der Waals surface area contributed by atoms with Gasteiger partial charge in [0.1, 0.15) is 0 Å². The topological polar surface area (TPSA) is 102 Å². The molecule has 2 atom stereocenters. The molecular weight excluding hydrogens is 464 g/mol. The highest BCUT2D eigenvalue weighted by atomic mass is 32.2. The molecule has 2 unspecified atom stereocenters. The van der Waals surface area contributed by atoms with Gasteiger partial charge < -0.3 is 9.47 Å². The first-order valence-corrected chi connectivity index (χ1v) is 14.4. The average Bonchev–Trinajstić information content (AvgIpc) is 2.74. The molecule has 0 radical (unpaired) electrons. The van der Waals surface area contributed by atoms with Crippen LogP contribution in [-0.2, 0) is 34.9 Å². The fraction of sp³-hybridized carbons (Fsp3) is 0.565. The first-order valence-electron chi connectivity index (χ1n) is 10.9. The second-order valence-electron chi connectivity index (χ2n) is 9.21. The van der Waals surface area contributed by atoms with E-state index in [2.05, 4.69) is 16.5 Å². The third kappa shape index (κ3) is 5.75. The van der Waals surface area contributed by atoms with E-state index in [1.165, 1.54) is 7.11 Å². The van der Waals surface area contributed by atoms with Crippen molar-refractivity contribution in [2.24, 2.45) is 5.41 Å². The van der Waals surface area contributed by atoms with Crippen molar-refractivity contribution < 1.29 is 26.3 Å². The van der Waals surface area contributed by atoms with Crippen molar-refractivity contribution in [3.63, 3.8) is 0 Å². The first kappa shape index (κ1) is 26.1. The molecule has 10 heteroatoms. The van der Waals surface area contributed by atoms with Gasteiger partial charge in [-0.1, -0.05) is 43.4 Å². The Labute approximate surface area is 197 Å². The van der Waals surface area contributed by atoms with Crippen molar-refractivity contribution >= 4 is 19.9 Å². The number of sulfonamides is 1. The van der Waals surface area contributed by atoms with Crippen LogP contribution in [0.1, 0.15) is 25.3 Å². The van der Waals surface area contributed by atoms with E-state index >= 15 is 0 Å². The molecule has 2 aliphatic rings. The van der Waals surface area contributed by atoms with E-state index in [1.807, 2.05) is 24.3 Å². The molecule has 1 aliphatic heterocycles. The molecule has 0 saturated carbocycles. The number of benzene rings is 1. The minimum Gasteiger partial charge on any atom is -0.384 e. The van der Waals surface area contributed by atoms with Crippen molar-refractivity contribution in [2.45, 2.75) is 36.2 Å². The maximum atomic E-state index is 12.4. The number of likely N-dealkylation sites (tertiary alicyclic amines) is 1. The van der Waals surface area contributed by atoms with Crippen molar-refractivity contribution in [3.8, 4) is 0 Å². The molecule has 0 aromatic heterocycles. The van der Waals surface area contributed by atoms with Crippen molar-refractivity contribution in [1.29, 1.82) is 0 Å². The smallest absolute Gasteiger partial charge is 0.209 e. The van der Waals surface area contributed by atoms with Gasteiger partial charge in [0.25, 0.3) is 0 Å². The van der Waals surface area contributed by atoms with Crippen LogP contribution in [0.2, 0.25) is 0 Å². The molecule has 1 aliphatic carbocycles. The van der Waals surface area contributed by atoms with Crippen LogP contribution < -0.4 is 4.72 Å². The molecule has 1 saturated heterocycles. The Morgan fingerprint density at radius 2 is 1.67 bits per heavy atom. The highest BCUT2D eigenvalue weighted by molar-refractivity contribution is 7.91. The zero-order valence-electron chi connectivity index (χ0n) is 19.7. The summed E-state index contributed by atoms with van der Waals surface area (Å²) in [5.41, 5.74) is 0.0739. The zero-order chi connectivity index (χ0) is 24.3. The summed E-state index contributed by atoms with van der Waals surface area (Å²) in [4.78, 5) is 2.45. The molecule has 33 heavy (non-hydrogen) atoms. The summed E-state index contributed by atoms with van der Waals surface area (Å²) in [6.07, 6.45) is 10.5. The second-order valence-corrected chi connectivity index (χ2v) is 12.9. The van der Waals surface area contributed by atoms with Crippen molar-refractivity contribution in [1.82, 2.24) is 9.62 Å². The number of hydrogen-bond donors (Lipinski definition) is 1. The average molecular weight is 499 g/mol. The second kappa shape index (κ2) is 9.97. The van der Waals surface area contributed by atoms with E-state index in [9.17, 15) is 16.8 Å². The van der Waals surface area contributed by atoms with Gasteiger partial charge in [0.15, 0.2) is 5.94 Å². The van der Waals surface area contributed by atoms with Crippen LogP contribution in [0.4, 0.5) is 0 Å². The quantitative estimate of drug-likeness (QED) is 0.556. The molecule has 3 rings (SSSR count). The minimum absolute atomic E-state index is 0.0541. The van der Waals surface area contributed by atoms with Gasteiger partial charge in [0.2, 0.25) is 19.9 Å². The summed E-state index contributed by atoms with van der Waals surface area (Å²) in [6.45, 7) is 4.35. The Kier molecular flexibility index (Phi) is 7.87. The molecule has 1 aromatic carbocycles. The van der Waals surface area contributed by atoms with E-state index in [0.717, 1.165) is 37.8 Å². The Morgan fingerprint density at radius 3 is 2.21 bits per heavy atom. The summed E-state index contributed by atoms with van der Waals surface area (Å²) < 4.78 is 62.4. The first-order chi connectivity index (χ1) is 15.5. The van der Waals surface area contributed by atoms with E-state index in [4.69, 9.17) is 9.47 Å². The predicted octanol–water partition coefficient (Wildman–Crippen LogP) is 2.05. The number of piperidine rings is 1. The van der Waals surface area contributed by atoms with Gasteiger partial charge in [0, 0.05) is 14.2 Å². The van der Waals surface area contributed by atoms with Gasteiger partial charge in [0.05, 0.1) is 29.3 Å². The number of allylic oxidation sites excluding steroid dienone is 2. The summed E-state index contributed by atoms with van der Waals surface area (Å²) in [5, 5.41) is 0. The zero-order valence-corrected chi connectivity index (χ0v) is 21.3. The lowest BCUT2D eigenvalue weighted by molar-refractivity contribution is -0.00290. The van der Waals surface area contributed by atoms with E-state index < -0.39 is 37.4 Å². The van der Waals surface area contributed by atoms with Crippen LogP contribution in [0.3, 0.4) is 0 Å². The highest BCUT2D eigenvalue weighted by Gasteiger charge is 2.47. The minimum atomic E-state index is -3.56. The molecule has 0 bridgehead atoms. The number of hydrogen-bond acceptors (Lipinski definition) is 7. The fourth-order valence-corrected chi connectivity index (χ4v) is 6.53. The summed E-state index contributed by atoms with van der Waals surface area (Å²) >= 11 is 0. The van der Waals surface area contributed by atoms with Gasteiger partial charge in [-0.15, -0.1) is 0 Å². The summed E-state index contributed by atoms with van der Waals surface area (Å²) in [7, 11) is -4.02. The van der Waals surface area contributed by atoms with Crippen LogP contribution in [0.15, 0.2) is 53.5 Å². The monoisotopic (exact) mass is 498 g/mol. The number of methoxy groups -OCH3 is 2. The van der Waals surface area contributed by atoms with Gasteiger partial charge >= 0.3 is 0 Å². The summed E-state index contributed by atoms with van der Waals surface area (Å²) in [5.74, 6) is -0.400. The Morgan fingerprint density at radius 1 is 1.03 bits per heavy atom. The Bertz CT molecular complexity index is 1090. The molecule has 0 amide bonds. The molecule has 1 aromatic rings. The van der Waals surface area contributed by atoms with Gasteiger partial charge in [-0.2, -0.15) is 0 Å². The van der Waals surface area contributed by atoms with Gasteiger partial charge in [-0.3, -0.25) is 4.90 Å². The van der Waals surface area contributed by atoms with Crippen molar-refractivity contribution in [3.05, 3.63) is 54.1 Å². The number of sulfone groups is 1. The van der Waals surface area contributed by atoms with Crippen LogP contribution in [0.5, 0.6) is 0 Å². The standard InChI is InChI=1S/C23H34N2O6S2/c1-22(17-30-2)13-15-25(16-14-22)23(12-6-5-7-21(23)24-32(4,26)27)19-8-10-20(11-9-19)33(28,29)18-31-3/h5-12,21,24H,13-18H2,1-4H3. The molecule has 0 spiro atoms. The third-order valence-electron chi connectivity index (χ3n) is 6.52. The van der Waals surface area contributed by atoms with Gasteiger partial charge in [-0.25, -0.2) is 21.6 Å². The summed E-state index contributed by atoms with van der Waals surface area (Å²) in [6, 6.07) is 6.12. The normalized spacial score (nSPS) is 25.9.